The lowest BCUT2D eigenvalue weighted by molar-refractivity contribution is 0.596. The molecule has 1 heterocycles. The molecule has 0 aliphatic rings. The van der Waals surface area contributed by atoms with E-state index in [4.69, 9.17) is 5.73 Å². The molecular weight excluding hydrogens is 196 g/mol. The summed E-state index contributed by atoms with van der Waals surface area (Å²) < 4.78 is 0. The number of pyridine rings is 1. The normalized spacial score (nSPS) is 12.0. The van der Waals surface area contributed by atoms with Crippen molar-refractivity contribution in [1.82, 2.24) is 4.98 Å². The van der Waals surface area contributed by atoms with Crippen molar-refractivity contribution >= 4 is 10.9 Å². The van der Waals surface area contributed by atoms with Crippen LogP contribution in [0.1, 0.15) is 32.0 Å². The van der Waals surface area contributed by atoms with Crippen molar-refractivity contribution in [2.24, 2.45) is 5.73 Å². The second-order valence-corrected chi connectivity index (χ2v) is 5.13. The maximum Gasteiger partial charge on any atom is 0.0708 e. The second-order valence-electron chi connectivity index (χ2n) is 5.13. The molecule has 0 aliphatic heterocycles. The average Bonchev–Trinajstić information content (AvgIpc) is 2.26. The molecule has 0 fully saturated rings. The van der Waals surface area contributed by atoms with Crippen LogP contribution in [0, 0.1) is 0 Å². The van der Waals surface area contributed by atoms with Gasteiger partial charge in [0.1, 0.15) is 0 Å². The van der Waals surface area contributed by atoms with Gasteiger partial charge in [0.05, 0.1) is 11.2 Å². The molecule has 16 heavy (non-hydrogen) atoms. The van der Waals surface area contributed by atoms with Crippen molar-refractivity contribution in [3.63, 3.8) is 0 Å². The van der Waals surface area contributed by atoms with Gasteiger partial charge in [0.15, 0.2) is 0 Å². The van der Waals surface area contributed by atoms with E-state index in [0.717, 1.165) is 11.2 Å². The molecule has 1 aromatic carbocycles. The molecular formula is C14H18N2. The van der Waals surface area contributed by atoms with Crippen molar-refractivity contribution < 1.29 is 0 Å². The van der Waals surface area contributed by atoms with Gasteiger partial charge < -0.3 is 5.73 Å². The number of nitrogens with two attached hydrogens (primary N) is 1. The average molecular weight is 214 g/mol. The molecule has 0 amide bonds. The first-order chi connectivity index (χ1) is 7.52. The smallest absolute Gasteiger partial charge is 0.0708 e. The highest BCUT2D eigenvalue weighted by atomic mass is 14.7. The van der Waals surface area contributed by atoms with E-state index in [2.05, 4.69) is 44.0 Å². The van der Waals surface area contributed by atoms with E-state index in [1.807, 2.05) is 12.1 Å². The molecule has 0 saturated heterocycles. The van der Waals surface area contributed by atoms with Gasteiger partial charge in [-0.05, 0) is 23.1 Å². The Morgan fingerprint density at radius 1 is 1.12 bits per heavy atom. The zero-order chi connectivity index (χ0) is 11.8. The number of hydrogen-bond acceptors (Lipinski definition) is 2. The van der Waals surface area contributed by atoms with Gasteiger partial charge in [0.2, 0.25) is 0 Å². The topological polar surface area (TPSA) is 38.9 Å². The molecule has 0 spiro atoms. The maximum atomic E-state index is 5.60. The quantitative estimate of drug-likeness (QED) is 0.792. The lowest BCUT2D eigenvalue weighted by Gasteiger charge is -2.21. The lowest BCUT2D eigenvalue weighted by atomic mass is 9.84. The van der Waals surface area contributed by atoms with Crippen LogP contribution in [0.4, 0.5) is 0 Å². The number of aromatic nitrogens is 1. The summed E-state index contributed by atoms with van der Waals surface area (Å²) in [7, 11) is 0. The third kappa shape index (κ3) is 1.93. The van der Waals surface area contributed by atoms with Crippen LogP contribution in [-0.4, -0.2) is 4.98 Å². The van der Waals surface area contributed by atoms with E-state index in [1.54, 1.807) is 0 Å². The molecule has 2 rings (SSSR count). The first-order valence-corrected chi connectivity index (χ1v) is 5.61. The largest absolute Gasteiger partial charge is 0.325 e. The first kappa shape index (κ1) is 11.1. The summed E-state index contributed by atoms with van der Waals surface area (Å²) in [5.74, 6) is 0. The third-order valence-corrected chi connectivity index (χ3v) is 2.81. The van der Waals surface area contributed by atoms with Crippen LogP contribution in [0.25, 0.3) is 10.9 Å². The minimum absolute atomic E-state index is 0.144. The Kier molecular flexibility index (Phi) is 2.68. The van der Waals surface area contributed by atoms with E-state index in [1.165, 1.54) is 10.9 Å². The minimum Gasteiger partial charge on any atom is -0.325 e. The highest BCUT2D eigenvalue weighted by molar-refractivity contribution is 5.83. The summed E-state index contributed by atoms with van der Waals surface area (Å²) in [5, 5.41) is 1.23. The fraction of sp³-hybridized carbons (Fsp3) is 0.357. The monoisotopic (exact) mass is 214 g/mol. The van der Waals surface area contributed by atoms with Crippen molar-refractivity contribution in [1.29, 1.82) is 0 Å². The van der Waals surface area contributed by atoms with Gasteiger partial charge in [-0.25, -0.2) is 0 Å². The Bertz CT molecular complexity index is 510. The van der Waals surface area contributed by atoms with Gasteiger partial charge in [-0.15, -0.1) is 0 Å². The molecule has 2 N–H and O–H groups in total. The Labute approximate surface area is 96.5 Å². The van der Waals surface area contributed by atoms with Crippen LogP contribution in [0.3, 0.4) is 0 Å². The number of hydrogen-bond donors (Lipinski definition) is 1. The number of nitrogens with zero attached hydrogens (tertiary/aromatic N) is 1. The van der Waals surface area contributed by atoms with Gasteiger partial charge in [0.25, 0.3) is 0 Å². The van der Waals surface area contributed by atoms with E-state index >= 15 is 0 Å². The van der Waals surface area contributed by atoms with Crippen LogP contribution in [0.15, 0.2) is 30.3 Å². The third-order valence-electron chi connectivity index (χ3n) is 2.81. The Morgan fingerprint density at radius 3 is 2.50 bits per heavy atom. The van der Waals surface area contributed by atoms with Crippen LogP contribution in [0.5, 0.6) is 0 Å². The van der Waals surface area contributed by atoms with Crippen molar-refractivity contribution in [3.05, 3.63) is 41.6 Å². The summed E-state index contributed by atoms with van der Waals surface area (Å²) in [5.41, 5.74) is 9.06. The molecule has 2 nitrogen and oxygen atoms in total. The predicted molar refractivity (Wildman–Crippen MR) is 68.3 cm³/mol. The van der Waals surface area contributed by atoms with Crippen LogP contribution >= 0.6 is 0 Å². The van der Waals surface area contributed by atoms with Crippen molar-refractivity contribution in [2.75, 3.05) is 0 Å². The van der Waals surface area contributed by atoms with Gasteiger partial charge in [-0.1, -0.05) is 39.0 Å². The standard InChI is InChI=1S/C14H18N2/c1-14(2,3)12-5-4-6-13-11(12)8-7-10(9-15)16-13/h4-8H,9,15H2,1-3H3. The Morgan fingerprint density at radius 2 is 1.88 bits per heavy atom. The SMILES string of the molecule is CC(C)(C)c1cccc2nc(CN)ccc12. The van der Waals surface area contributed by atoms with E-state index in [9.17, 15) is 0 Å². The molecule has 2 aromatic rings. The van der Waals surface area contributed by atoms with E-state index in [0.29, 0.717) is 6.54 Å². The Hall–Kier alpha value is -1.41. The summed E-state index contributed by atoms with van der Waals surface area (Å²) in [6.07, 6.45) is 0. The van der Waals surface area contributed by atoms with E-state index in [-0.39, 0.29) is 5.41 Å². The molecule has 84 valence electrons. The molecule has 0 aliphatic carbocycles. The zero-order valence-corrected chi connectivity index (χ0v) is 10.1. The number of rotatable bonds is 1. The van der Waals surface area contributed by atoms with Gasteiger partial charge >= 0.3 is 0 Å². The summed E-state index contributed by atoms with van der Waals surface area (Å²) in [6, 6.07) is 10.4. The maximum absolute atomic E-state index is 5.60. The lowest BCUT2D eigenvalue weighted by Crippen LogP contribution is -2.12. The number of benzene rings is 1. The minimum atomic E-state index is 0.144. The molecule has 0 radical (unpaired) electrons. The fourth-order valence-corrected chi connectivity index (χ4v) is 1.96. The van der Waals surface area contributed by atoms with Crippen LogP contribution < -0.4 is 5.73 Å². The van der Waals surface area contributed by atoms with Crippen molar-refractivity contribution in [3.8, 4) is 0 Å². The molecule has 0 atom stereocenters. The summed E-state index contributed by atoms with van der Waals surface area (Å²) in [6.45, 7) is 7.16. The first-order valence-electron chi connectivity index (χ1n) is 5.61. The fourth-order valence-electron chi connectivity index (χ4n) is 1.96. The highest BCUT2D eigenvalue weighted by Gasteiger charge is 2.16. The highest BCUT2D eigenvalue weighted by Crippen LogP contribution is 2.29. The Balaban J connectivity index is 2.70. The predicted octanol–water partition coefficient (Wildman–Crippen LogP) is 2.99. The molecule has 2 heteroatoms. The summed E-state index contributed by atoms with van der Waals surface area (Å²) in [4.78, 5) is 4.54. The second kappa shape index (κ2) is 3.87. The van der Waals surface area contributed by atoms with Crippen molar-refractivity contribution in [2.45, 2.75) is 32.7 Å². The van der Waals surface area contributed by atoms with E-state index < -0.39 is 0 Å². The molecule has 0 unspecified atom stereocenters. The van der Waals surface area contributed by atoms with Crippen LogP contribution in [-0.2, 0) is 12.0 Å². The van der Waals surface area contributed by atoms with Gasteiger partial charge in [-0.3, -0.25) is 4.98 Å². The number of fused-ring (bicyclic) bond motifs is 1. The summed E-state index contributed by atoms with van der Waals surface area (Å²) >= 11 is 0. The molecule has 0 saturated carbocycles. The molecule has 0 bridgehead atoms. The van der Waals surface area contributed by atoms with Crippen LogP contribution in [0.2, 0.25) is 0 Å². The molecule has 1 aromatic heterocycles. The van der Waals surface area contributed by atoms with Gasteiger partial charge in [-0.2, -0.15) is 0 Å². The van der Waals surface area contributed by atoms with Gasteiger partial charge in [0, 0.05) is 11.9 Å². The zero-order valence-electron chi connectivity index (χ0n) is 10.1.